The zero-order valence-electron chi connectivity index (χ0n) is 10.9. The number of nitrogens with zero attached hydrogens (tertiary/aromatic N) is 2. The first-order valence-corrected chi connectivity index (χ1v) is 6.55. The van der Waals surface area contributed by atoms with Crippen LogP contribution in [-0.4, -0.2) is 60.1 Å². The zero-order chi connectivity index (χ0) is 12.5. The Labute approximate surface area is 103 Å². The highest BCUT2D eigenvalue weighted by Crippen LogP contribution is 2.33. The Morgan fingerprint density at radius 1 is 1.29 bits per heavy atom. The van der Waals surface area contributed by atoms with Gasteiger partial charge in [-0.15, -0.1) is 0 Å². The van der Waals surface area contributed by atoms with Gasteiger partial charge in [0.15, 0.2) is 0 Å². The normalized spacial score (nSPS) is 23.9. The van der Waals surface area contributed by atoms with E-state index in [2.05, 4.69) is 10.2 Å². The van der Waals surface area contributed by atoms with E-state index in [9.17, 15) is 4.79 Å². The van der Waals surface area contributed by atoms with Crippen molar-refractivity contribution in [1.29, 1.82) is 0 Å². The second kappa shape index (κ2) is 4.82. The molecule has 0 aromatic heterocycles. The first-order chi connectivity index (χ1) is 7.98. The fourth-order valence-electron chi connectivity index (χ4n) is 2.21. The number of amides is 2. The zero-order valence-corrected chi connectivity index (χ0v) is 10.9. The van der Waals surface area contributed by atoms with Gasteiger partial charge < -0.3 is 16.0 Å². The van der Waals surface area contributed by atoms with Gasteiger partial charge in [-0.3, -0.25) is 4.90 Å². The van der Waals surface area contributed by atoms with Gasteiger partial charge in [-0.1, -0.05) is 0 Å². The molecule has 0 aromatic carbocycles. The lowest BCUT2D eigenvalue weighted by Gasteiger charge is -2.36. The summed E-state index contributed by atoms with van der Waals surface area (Å²) < 4.78 is 0. The number of piperazine rings is 1. The van der Waals surface area contributed by atoms with E-state index in [1.165, 1.54) is 0 Å². The summed E-state index contributed by atoms with van der Waals surface area (Å²) in [5.41, 5.74) is 6.19. The molecule has 1 aliphatic heterocycles. The summed E-state index contributed by atoms with van der Waals surface area (Å²) in [5, 5.41) is 2.93. The van der Waals surface area contributed by atoms with Crippen molar-refractivity contribution in [3.05, 3.63) is 0 Å². The minimum absolute atomic E-state index is 0.0635. The summed E-state index contributed by atoms with van der Waals surface area (Å²) in [6.45, 7) is 8.49. The molecule has 2 fully saturated rings. The molecule has 1 aliphatic carbocycles. The van der Waals surface area contributed by atoms with E-state index in [4.69, 9.17) is 5.73 Å². The van der Waals surface area contributed by atoms with Gasteiger partial charge in [-0.25, -0.2) is 4.79 Å². The van der Waals surface area contributed by atoms with Gasteiger partial charge in [0.05, 0.1) is 0 Å². The highest BCUT2D eigenvalue weighted by atomic mass is 16.2. The van der Waals surface area contributed by atoms with Crippen LogP contribution in [0.25, 0.3) is 0 Å². The molecule has 98 valence electrons. The van der Waals surface area contributed by atoms with Crippen molar-refractivity contribution in [2.45, 2.75) is 38.3 Å². The maximum Gasteiger partial charge on any atom is 0.317 e. The van der Waals surface area contributed by atoms with Crippen LogP contribution in [0, 0.1) is 0 Å². The van der Waals surface area contributed by atoms with Crippen molar-refractivity contribution in [2.24, 2.45) is 5.73 Å². The molecule has 1 heterocycles. The van der Waals surface area contributed by atoms with Gasteiger partial charge >= 0.3 is 6.03 Å². The van der Waals surface area contributed by atoms with Gasteiger partial charge in [0.2, 0.25) is 0 Å². The molecule has 0 bridgehead atoms. The molecule has 1 saturated carbocycles. The van der Waals surface area contributed by atoms with Crippen LogP contribution in [0.15, 0.2) is 0 Å². The maximum absolute atomic E-state index is 11.8. The molecule has 0 aromatic rings. The van der Waals surface area contributed by atoms with Crippen molar-refractivity contribution in [3.8, 4) is 0 Å². The van der Waals surface area contributed by atoms with E-state index < -0.39 is 0 Å². The summed E-state index contributed by atoms with van der Waals surface area (Å²) in [7, 11) is 0. The molecule has 5 heteroatoms. The molecule has 2 aliphatic rings. The predicted octanol–water partition coefficient (Wildman–Crippen LogP) is 0.213. The molecular weight excluding hydrogens is 216 g/mol. The molecule has 2 amide bonds. The van der Waals surface area contributed by atoms with Gasteiger partial charge in [0.25, 0.3) is 0 Å². The lowest BCUT2D eigenvalue weighted by Crippen LogP contribution is -2.54. The van der Waals surface area contributed by atoms with E-state index in [0.717, 1.165) is 45.6 Å². The summed E-state index contributed by atoms with van der Waals surface area (Å²) in [5.74, 6) is 0. The average Bonchev–Trinajstić information content (AvgIpc) is 2.96. The number of carbonyl (C=O) groups is 1. The van der Waals surface area contributed by atoms with Crippen LogP contribution in [0.5, 0.6) is 0 Å². The molecule has 2 rings (SSSR count). The van der Waals surface area contributed by atoms with Crippen LogP contribution in [0.4, 0.5) is 4.79 Å². The standard InChI is InChI=1S/C12H24N4O/c1-10(2)14-11(17)16-7-5-15(6-8-16)9-12(13)3-4-12/h10H,3-9,13H2,1-2H3,(H,14,17). The molecule has 0 unspecified atom stereocenters. The molecule has 0 spiro atoms. The SMILES string of the molecule is CC(C)NC(=O)N1CCN(CC2(N)CC2)CC1. The molecule has 0 atom stereocenters. The number of urea groups is 1. The van der Waals surface area contributed by atoms with Crippen molar-refractivity contribution in [2.75, 3.05) is 32.7 Å². The van der Waals surface area contributed by atoms with Crippen LogP contribution in [0.1, 0.15) is 26.7 Å². The molecule has 5 nitrogen and oxygen atoms in total. The molecule has 17 heavy (non-hydrogen) atoms. The van der Waals surface area contributed by atoms with Crippen LogP contribution >= 0.6 is 0 Å². The fraction of sp³-hybridized carbons (Fsp3) is 0.917. The quantitative estimate of drug-likeness (QED) is 0.741. The van der Waals surface area contributed by atoms with E-state index in [-0.39, 0.29) is 17.6 Å². The Hall–Kier alpha value is -0.810. The molecule has 3 N–H and O–H groups in total. The number of nitrogens with two attached hydrogens (primary N) is 1. The number of carbonyl (C=O) groups excluding carboxylic acids is 1. The minimum atomic E-state index is 0.0635. The van der Waals surface area contributed by atoms with Gasteiger partial charge in [0.1, 0.15) is 0 Å². The first kappa shape index (κ1) is 12.6. The van der Waals surface area contributed by atoms with E-state index in [1.807, 2.05) is 18.7 Å². The van der Waals surface area contributed by atoms with Gasteiger partial charge in [0, 0.05) is 44.3 Å². The van der Waals surface area contributed by atoms with Gasteiger partial charge in [-0.05, 0) is 26.7 Å². The van der Waals surface area contributed by atoms with E-state index in [0.29, 0.717) is 0 Å². The van der Waals surface area contributed by atoms with Crippen molar-refractivity contribution >= 4 is 6.03 Å². The number of nitrogens with one attached hydrogen (secondary N) is 1. The summed E-state index contributed by atoms with van der Waals surface area (Å²) in [6.07, 6.45) is 2.31. The Morgan fingerprint density at radius 2 is 1.88 bits per heavy atom. The topological polar surface area (TPSA) is 61.6 Å². The average molecular weight is 240 g/mol. The molecule has 0 radical (unpaired) electrons. The third-order valence-electron chi connectivity index (χ3n) is 3.50. The summed E-state index contributed by atoms with van der Waals surface area (Å²) in [6, 6.07) is 0.271. The van der Waals surface area contributed by atoms with Crippen molar-refractivity contribution in [3.63, 3.8) is 0 Å². The van der Waals surface area contributed by atoms with Crippen LogP contribution in [-0.2, 0) is 0 Å². The van der Waals surface area contributed by atoms with E-state index in [1.54, 1.807) is 0 Å². The second-order valence-electron chi connectivity index (χ2n) is 5.73. The molecular formula is C12H24N4O. The highest BCUT2D eigenvalue weighted by molar-refractivity contribution is 5.74. The first-order valence-electron chi connectivity index (χ1n) is 6.55. The summed E-state index contributed by atoms with van der Waals surface area (Å²) >= 11 is 0. The maximum atomic E-state index is 11.8. The monoisotopic (exact) mass is 240 g/mol. The smallest absolute Gasteiger partial charge is 0.317 e. The molecule has 1 saturated heterocycles. The minimum Gasteiger partial charge on any atom is -0.336 e. The van der Waals surface area contributed by atoms with Crippen LogP contribution < -0.4 is 11.1 Å². The van der Waals surface area contributed by atoms with Gasteiger partial charge in [-0.2, -0.15) is 0 Å². The number of hydrogen-bond donors (Lipinski definition) is 2. The number of hydrogen-bond acceptors (Lipinski definition) is 3. The lowest BCUT2D eigenvalue weighted by molar-refractivity contribution is 0.132. The Morgan fingerprint density at radius 3 is 2.35 bits per heavy atom. The highest BCUT2D eigenvalue weighted by Gasteiger charge is 2.40. The number of rotatable bonds is 3. The third-order valence-corrected chi connectivity index (χ3v) is 3.50. The fourth-order valence-corrected chi connectivity index (χ4v) is 2.21. The predicted molar refractivity (Wildman–Crippen MR) is 67.8 cm³/mol. The Kier molecular flexibility index (Phi) is 3.58. The Bertz CT molecular complexity index is 280. The Balaban J connectivity index is 1.72. The summed E-state index contributed by atoms with van der Waals surface area (Å²) in [4.78, 5) is 16.1. The van der Waals surface area contributed by atoms with Crippen molar-refractivity contribution in [1.82, 2.24) is 15.1 Å². The van der Waals surface area contributed by atoms with Crippen LogP contribution in [0.2, 0.25) is 0 Å². The van der Waals surface area contributed by atoms with Crippen molar-refractivity contribution < 1.29 is 4.79 Å². The van der Waals surface area contributed by atoms with Crippen LogP contribution in [0.3, 0.4) is 0 Å². The van der Waals surface area contributed by atoms with E-state index >= 15 is 0 Å². The lowest BCUT2D eigenvalue weighted by atomic mass is 10.2. The second-order valence-corrected chi connectivity index (χ2v) is 5.73. The largest absolute Gasteiger partial charge is 0.336 e. The third kappa shape index (κ3) is 3.57.